The molecule has 0 saturated carbocycles. The average Bonchev–Trinajstić information content (AvgIpc) is 2.97. The first-order valence-corrected chi connectivity index (χ1v) is 15.0. The Morgan fingerprint density at radius 2 is 1.68 bits per heavy atom. The predicted molar refractivity (Wildman–Crippen MR) is 158 cm³/mol. The van der Waals surface area contributed by atoms with Crippen molar-refractivity contribution in [2.45, 2.75) is 50.6 Å². The summed E-state index contributed by atoms with van der Waals surface area (Å²) in [7, 11) is -4.34. The van der Waals surface area contributed by atoms with Crippen molar-refractivity contribution >= 4 is 44.8 Å². The molecule has 12 heteroatoms. The van der Waals surface area contributed by atoms with E-state index in [4.69, 9.17) is 11.6 Å². The van der Waals surface area contributed by atoms with E-state index in [-0.39, 0.29) is 35.1 Å². The second-order valence-corrected chi connectivity index (χ2v) is 11.6. The fourth-order valence-corrected chi connectivity index (χ4v) is 5.87. The van der Waals surface area contributed by atoms with Crippen molar-refractivity contribution < 1.29 is 22.9 Å². The smallest absolute Gasteiger partial charge is 0.271 e. The molecule has 0 aliphatic carbocycles. The summed E-state index contributed by atoms with van der Waals surface area (Å²) in [5.74, 6) is -1.04. The topological polar surface area (TPSA) is 130 Å². The second-order valence-electron chi connectivity index (χ2n) is 9.28. The fourth-order valence-electron chi connectivity index (χ4n) is 4.25. The Morgan fingerprint density at radius 1 is 1.00 bits per heavy atom. The quantitative estimate of drug-likeness (QED) is 0.154. The lowest BCUT2D eigenvalue weighted by Gasteiger charge is -2.33. The summed E-state index contributed by atoms with van der Waals surface area (Å²) in [6.45, 7) is 3.43. The molecule has 3 aromatic carbocycles. The van der Waals surface area contributed by atoms with Crippen molar-refractivity contribution in [1.29, 1.82) is 0 Å². The summed E-state index contributed by atoms with van der Waals surface area (Å²) in [5.41, 5.74) is 0.183. The van der Waals surface area contributed by atoms with Crippen molar-refractivity contribution in [2.75, 3.05) is 17.4 Å². The highest BCUT2D eigenvalue weighted by Gasteiger charge is 2.34. The van der Waals surface area contributed by atoms with Gasteiger partial charge in [-0.3, -0.25) is 24.0 Å². The minimum atomic E-state index is -4.34. The van der Waals surface area contributed by atoms with Crippen LogP contribution in [0.1, 0.15) is 38.7 Å². The molecule has 1 N–H and O–H groups in total. The number of non-ortho nitro benzene ring substituents is 1. The van der Waals surface area contributed by atoms with Crippen LogP contribution in [0, 0.1) is 10.1 Å². The van der Waals surface area contributed by atoms with Gasteiger partial charge in [0.05, 0.1) is 15.5 Å². The third-order valence-corrected chi connectivity index (χ3v) is 8.61. The SMILES string of the molecule is CCCCNC(=O)[C@H](CC)N(Cc1ccccc1Cl)C(=O)CN(c1cccc([N+](=O)[O-])c1)S(=O)(=O)c1ccccc1. The zero-order chi connectivity index (χ0) is 30.0. The average molecular weight is 601 g/mol. The lowest BCUT2D eigenvalue weighted by molar-refractivity contribution is -0.384. The molecule has 3 aromatic rings. The highest BCUT2D eigenvalue weighted by molar-refractivity contribution is 7.92. The molecule has 0 bridgehead atoms. The van der Waals surface area contributed by atoms with Crippen LogP contribution in [0.2, 0.25) is 5.02 Å². The van der Waals surface area contributed by atoms with E-state index >= 15 is 0 Å². The molecule has 2 amide bonds. The van der Waals surface area contributed by atoms with Crippen LogP contribution >= 0.6 is 11.6 Å². The molecule has 41 heavy (non-hydrogen) atoms. The first kappa shape index (κ1) is 31.6. The van der Waals surface area contributed by atoms with E-state index in [1.165, 1.54) is 47.4 Å². The number of benzene rings is 3. The van der Waals surface area contributed by atoms with Crippen LogP contribution in [0.4, 0.5) is 11.4 Å². The van der Waals surface area contributed by atoms with Gasteiger partial charge in [-0.15, -0.1) is 0 Å². The Morgan fingerprint density at radius 3 is 2.32 bits per heavy atom. The normalized spacial score (nSPS) is 11.9. The summed E-state index contributed by atoms with van der Waals surface area (Å²) in [4.78, 5) is 39.3. The Kier molecular flexibility index (Phi) is 11.2. The van der Waals surface area contributed by atoms with Crippen LogP contribution in [-0.4, -0.2) is 49.2 Å². The number of hydrogen-bond donors (Lipinski definition) is 1. The van der Waals surface area contributed by atoms with Crippen LogP contribution < -0.4 is 9.62 Å². The number of nitrogens with one attached hydrogen (secondary N) is 1. The van der Waals surface area contributed by atoms with E-state index < -0.39 is 33.4 Å². The summed E-state index contributed by atoms with van der Waals surface area (Å²) in [5, 5.41) is 14.7. The van der Waals surface area contributed by atoms with Gasteiger partial charge in [-0.25, -0.2) is 8.42 Å². The molecule has 0 fully saturated rings. The maximum Gasteiger partial charge on any atom is 0.271 e. The molecule has 1 atom stereocenters. The van der Waals surface area contributed by atoms with E-state index in [0.29, 0.717) is 17.1 Å². The van der Waals surface area contributed by atoms with Gasteiger partial charge in [0.2, 0.25) is 11.8 Å². The third-order valence-electron chi connectivity index (χ3n) is 6.45. The number of hydrogen-bond acceptors (Lipinski definition) is 6. The van der Waals surface area contributed by atoms with Gasteiger partial charge in [0.15, 0.2) is 0 Å². The molecule has 0 heterocycles. The number of unbranched alkanes of at least 4 members (excludes halogenated alkanes) is 1. The van der Waals surface area contributed by atoms with Crippen LogP contribution in [0.15, 0.2) is 83.8 Å². The Labute approximate surface area is 245 Å². The lowest BCUT2D eigenvalue weighted by Crippen LogP contribution is -2.52. The van der Waals surface area contributed by atoms with Crippen LogP contribution in [0.5, 0.6) is 0 Å². The number of carbonyl (C=O) groups excluding carboxylic acids is 2. The number of carbonyl (C=O) groups is 2. The molecule has 0 saturated heterocycles. The maximum absolute atomic E-state index is 14.0. The minimum absolute atomic E-state index is 0.0492. The standard InChI is InChI=1S/C29H33ClN4O6S/c1-3-5-18-31-29(36)27(4-2)32(20-22-12-9-10-17-26(22)30)28(35)21-33(23-13-11-14-24(19-23)34(37)38)41(39,40)25-15-7-6-8-16-25/h6-17,19,27H,3-5,18,20-21H2,1-2H3,(H,31,36)/t27-/m0/s1. The number of nitro groups is 1. The van der Waals surface area contributed by atoms with Crippen LogP contribution in [-0.2, 0) is 26.2 Å². The molecule has 0 aromatic heterocycles. The third kappa shape index (κ3) is 8.05. The number of amides is 2. The fraction of sp³-hybridized carbons (Fsp3) is 0.310. The molecule has 0 spiro atoms. The molecular weight excluding hydrogens is 568 g/mol. The van der Waals surface area contributed by atoms with Crippen molar-refractivity contribution in [1.82, 2.24) is 10.2 Å². The minimum Gasteiger partial charge on any atom is -0.354 e. The first-order chi connectivity index (χ1) is 19.6. The lowest BCUT2D eigenvalue weighted by atomic mass is 10.1. The van der Waals surface area contributed by atoms with E-state index in [2.05, 4.69) is 5.32 Å². The van der Waals surface area contributed by atoms with Gasteiger partial charge in [0.25, 0.3) is 15.7 Å². The largest absolute Gasteiger partial charge is 0.354 e. The predicted octanol–water partition coefficient (Wildman–Crippen LogP) is 5.17. The number of nitrogens with zero attached hydrogens (tertiary/aromatic N) is 3. The van der Waals surface area contributed by atoms with Crippen LogP contribution in [0.3, 0.4) is 0 Å². The van der Waals surface area contributed by atoms with Gasteiger partial charge in [0, 0.05) is 30.2 Å². The highest BCUT2D eigenvalue weighted by atomic mass is 35.5. The van der Waals surface area contributed by atoms with Gasteiger partial charge in [0.1, 0.15) is 12.6 Å². The number of halogens is 1. The van der Waals surface area contributed by atoms with Crippen LogP contribution in [0.25, 0.3) is 0 Å². The molecule has 0 aliphatic rings. The van der Waals surface area contributed by atoms with Gasteiger partial charge < -0.3 is 10.2 Å². The molecule has 0 radical (unpaired) electrons. The molecule has 10 nitrogen and oxygen atoms in total. The van der Waals surface area contributed by atoms with Gasteiger partial charge in [-0.05, 0) is 42.7 Å². The maximum atomic E-state index is 14.0. The van der Waals surface area contributed by atoms with Crippen molar-refractivity contribution in [3.63, 3.8) is 0 Å². The van der Waals surface area contributed by atoms with Gasteiger partial charge >= 0.3 is 0 Å². The number of nitro benzene ring substituents is 1. The zero-order valence-corrected chi connectivity index (χ0v) is 24.5. The molecule has 3 rings (SSSR count). The summed E-state index contributed by atoms with van der Waals surface area (Å²) in [6, 6.07) is 18.5. The van der Waals surface area contributed by atoms with E-state index in [0.717, 1.165) is 23.2 Å². The van der Waals surface area contributed by atoms with Gasteiger partial charge in [-0.1, -0.05) is 74.3 Å². The second kappa shape index (κ2) is 14.6. The van der Waals surface area contributed by atoms with Gasteiger partial charge in [-0.2, -0.15) is 0 Å². The molecule has 218 valence electrons. The zero-order valence-electron chi connectivity index (χ0n) is 22.9. The van der Waals surface area contributed by atoms with Crippen molar-refractivity contribution in [3.05, 3.63) is 99.6 Å². The van der Waals surface area contributed by atoms with E-state index in [1.807, 2.05) is 6.92 Å². The monoisotopic (exact) mass is 600 g/mol. The molecule has 0 unspecified atom stereocenters. The van der Waals surface area contributed by atoms with E-state index in [9.17, 15) is 28.1 Å². The Hall–Kier alpha value is -3.96. The molecular formula is C29H33ClN4O6S. The van der Waals surface area contributed by atoms with Crippen molar-refractivity contribution in [2.24, 2.45) is 0 Å². The number of sulfonamides is 1. The Balaban J connectivity index is 2.08. The summed E-state index contributed by atoms with van der Waals surface area (Å²) < 4.78 is 28.5. The number of anilines is 1. The first-order valence-electron chi connectivity index (χ1n) is 13.2. The van der Waals surface area contributed by atoms with E-state index in [1.54, 1.807) is 37.3 Å². The Bertz CT molecular complexity index is 1470. The van der Waals surface area contributed by atoms with Crippen molar-refractivity contribution in [3.8, 4) is 0 Å². The summed E-state index contributed by atoms with van der Waals surface area (Å²) in [6.07, 6.45) is 1.89. The molecule has 0 aliphatic heterocycles. The summed E-state index contributed by atoms with van der Waals surface area (Å²) >= 11 is 6.40. The highest BCUT2D eigenvalue weighted by Crippen LogP contribution is 2.28. The number of rotatable bonds is 14.